The Morgan fingerprint density at radius 2 is 1.43 bits per heavy atom. The zero-order valence-corrected chi connectivity index (χ0v) is 12.9. The molecule has 0 spiro atoms. The molecule has 0 aliphatic carbocycles. The van der Waals surface area contributed by atoms with Crippen LogP contribution in [0, 0.1) is 18.6 Å². The summed E-state index contributed by atoms with van der Waals surface area (Å²) in [6.45, 7) is 5.81. The Kier molecular flexibility index (Phi) is 4.73. The first kappa shape index (κ1) is 15.6. The monoisotopic (exact) mass is 289 g/mol. The Morgan fingerprint density at radius 3 is 1.95 bits per heavy atom. The van der Waals surface area contributed by atoms with Crippen molar-refractivity contribution in [3.8, 4) is 0 Å². The van der Waals surface area contributed by atoms with E-state index in [2.05, 4.69) is 19.2 Å². The highest BCUT2D eigenvalue weighted by Crippen LogP contribution is 2.28. The molecular weight excluding hydrogens is 268 g/mol. The zero-order chi connectivity index (χ0) is 15.6. The van der Waals surface area contributed by atoms with Gasteiger partial charge in [0.1, 0.15) is 0 Å². The number of hydrogen-bond acceptors (Lipinski definition) is 1. The molecule has 0 heterocycles. The highest BCUT2D eigenvalue weighted by atomic mass is 19.2. The first-order chi connectivity index (χ1) is 9.95. The van der Waals surface area contributed by atoms with Crippen LogP contribution in [-0.4, -0.2) is 7.05 Å². The van der Waals surface area contributed by atoms with Gasteiger partial charge in [-0.15, -0.1) is 0 Å². The number of benzene rings is 2. The minimum atomic E-state index is -0.776. The number of halogens is 2. The fourth-order valence-electron chi connectivity index (χ4n) is 2.46. The molecule has 1 unspecified atom stereocenters. The van der Waals surface area contributed by atoms with E-state index in [0.717, 1.165) is 5.56 Å². The lowest BCUT2D eigenvalue weighted by Gasteiger charge is -2.19. The van der Waals surface area contributed by atoms with Crippen molar-refractivity contribution < 1.29 is 8.78 Å². The van der Waals surface area contributed by atoms with Crippen LogP contribution in [0.3, 0.4) is 0 Å². The van der Waals surface area contributed by atoms with Crippen molar-refractivity contribution in [3.63, 3.8) is 0 Å². The van der Waals surface area contributed by atoms with Crippen molar-refractivity contribution in [2.45, 2.75) is 32.7 Å². The Bertz CT molecular complexity index is 618. The molecule has 1 atom stereocenters. The first-order valence-electron chi connectivity index (χ1n) is 7.17. The van der Waals surface area contributed by atoms with Crippen molar-refractivity contribution in [1.82, 2.24) is 5.32 Å². The second-order valence-corrected chi connectivity index (χ2v) is 5.64. The minimum Gasteiger partial charge on any atom is -0.309 e. The summed E-state index contributed by atoms with van der Waals surface area (Å²) in [4.78, 5) is 0. The molecular formula is C18H21F2N. The summed E-state index contributed by atoms with van der Waals surface area (Å²) in [5, 5.41) is 3.06. The van der Waals surface area contributed by atoms with Gasteiger partial charge in [0.05, 0.1) is 6.04 Å². The van der Waals surface area contributed by atoms with E-state index in [1.807, 2.05) is 24.3 Å². The van der Waals surface area contributed by atoms with Gasteiger partial charge in [-0.05, 0) is 36.6 Å². The van der Waals surface area contributed by atoms with Gasteiger partial charge in [0.15, 0.2) is 11.6 Å². The predicted octanol–water partition coefficient (Wildman–Crippen LogP) is 4.71. The molecule has 0 aliphatic heterocycles. The lowest BCUT2D eigenvalue weighted by molar-refractivity contribution is 0.482. The van der Waals surface area contributed by atoms with Crippen LogP contribution in [0.1, 0.15) is 48.1 Å². The maximum atomic E-state index is 14.2. The predicted molar refractivity (Wildman–Crippen MR) is 82.5 cm³/mol. The van der Waals surface area contributed by atoms with E-state index in [1.165, 1.54) is 5.56 Å². The summed E-state index contributed by atoms with van der Waals surface area (Å²) in [6.07, 6.45) is 0. The Hall–Kier alpha value is -1.74. The van der Waals surface area contributed by atoms with Crippen LogP contribution >= 0.6 is 0 Å². The van der Waals surface area contributed by atoms with Crippen LogP contribution < -0.4 is 5.32 Å². The summed E-state index contributed by atoms with van der Waals surface area (Å²) in [5.41, 5.74) is 2.80. The number of aryl methyl sites for hydroxylation is 1. The molecule has 0 saturated heterocycles. The first-order valence-corrected chi connectivity index (χ1v) is 7.17. The lowest BCUT2D eigenvalue weighted by Crippen LogP contribution is -2.19. The van der Waals surface area contributed by atoms with Crippen molar-refractivity contribution in [2.24, 2.45) is 0 Å². The van der Waals surface area contributed by atoms with Crippen molar-refractivity contribution in [2.75, 3.05) is 7.05 Å². The third-order valence-electron chi connectivity index (χ3n) is 3.84. The van der Waals surface area contributed by atoms with E-state index in [9.17, 15) is 8.78 Å². The van der Waals surface area contributed by atoms with E-state index in [4.69, 9.17) is 0 Å². The average molecular weight is 289 g/mol. The highest BCUT2D eigenvalue weighted by Gasteiger charge is 2.20. The molecule has 1 nitrogen and oxygen atoms in total. The molecule has 2 aromatic rings. The molecule has 0 radical (unpaired) electrons. The van der Waals surface area contributed by atoms with Crippen LogP contribution in [0.2, 0.25) is 0 Å². The maximum Gasteiger partial charge on any atom is 0.164 e. The fraction of sp³-hybridized carbons (Fsp3) is 0.333. The van der Waals surface area contributed by atoms with E-state index in [1.54, 1.807) is 26.1 Å². The highest BCUT2D eigenvalue weighted by molar-refractivity contribution is 5.36. The Morgan fingerprint density at radius 1 is 0.857 bits per heavy atom. The molecule has 0 amide bonds. The van der Waals surface area contributed by atoms with Gasteiger partial charge in [0, 0.05) is 5.56 Å². The molecule has 2 aromatic carbocycles. The second kappa shape index (κ2) is 6.35. The smallest absolute Gasteiger partial charge is 0.164 e. The van der Waals surface area contributed by atoms with Gasteiger partial charge in [-0.3, -0.25) is 0 Å². The van der Waals surface area contributed by atoms with Crippen LogP contribution in [0.4, 0.5) is 8.78 Å². The molecule has 0 aliphatic rings. The van der Waals surface area contributed by atoms with E-state index >= 15 is 0 Å². The van der Waals surface area contributed by atoms with Gasteiger partial charge in [-0.25, -0.2) is 8.78 Å². The van der Waals surface area contributed by atoms with E-state index in [-0.39, 0.29) is 6.04 Å². The fourth-order valence-corrected chi connectivity index (χ4v) is 2.46. The van der Waals surface area contributed by atoms with E-state index < -0.39 is 11.6 Å². The third-order valence-corrected chi connectivity index (χ3v) is 3.84. The van der Waals surface area contributed by atoms with Crippen molar-refractivity contribution >= 4 is 0 Å². The van der Waals surface area contributed by atoms with Crippen LogP contribution in [0.25, 0.3) is 0 Å². The molecule has 21 heavy (non-hydrogen) atoms. The zero-order valence-electron chi connectivity index (χ0n) is 12.9. The maximum absolute atomic E-state index is 14.2. The summed E-state index contributed by atoms with van der Waals surface area (Å²) in [6, 6.07) is 10.9. The summed E-state index contributed by atoms with van der Waals surface area (Å²) in [5.74, 6) is -1.10. The van der Waals surface area contributed by atoms with Crippen LogP contribution in [0.15, 0.2) is 36.4 Å². The van der Waals surface area contributed by atoms with Crippen molar-refractivity contribution in [3.05, 3.63) is 70.3 Å². The standard InChI is InChI=1S/C18H21F2N/c1-11(2)13-6-8-14(9-7-13)18(21-4)15-10-5-12(3)16(19)17(15)20/h5-11,18,21H,1-4H3. The summed E-state index contributed by atoms with van der Waals surface area (Å²) < 4.78 is 27.9. The molecule has 2 rings (SSSR count). The van der Waals surface area contributed by atoms with Gasteiger partial charge in [-0.2, -0.15) is 0 Å². The molecule has 1 N–H and O–H groups in total. The van der Waals surface area contributed by atoms with Gasteiger partial charge in [-0.1, -0.05) is 50.2 Å². The minimum absolute atomic E-state index is 0.321. The Balaban J connectivity index is 2.42. The summed E-state index contributed by atoms with van der Waals surface area (Å²) in [7, 11) is 1.75. The van der Waals surface area contributed by atoms with Crippen LogP contribution in [-0.2, 0) is 0 Å². The molecule has 0 saturated carbocycles. The number of hydrogen-bond donors (Lipinski definition) is 1. The molecule has 0 bridgehead atoms. The quantitative estimate of drug-likeness (QED) is 0.860. The van der Waals surface area contributed by atoms with Gasteiger partial charge >= 0.3 is 0 Å². The van der Waals surface area contributed by atoms with E-state index in [0.29, 0.717) is 17.0 Å². The average Bonchev–Trinajstić information content (AvgIpc) is 2.48. The number of nitrogens with one attached hydrogen (secondary N) is 1. The number of rotatable bonds is 4. The van der Waals surface area contributed by atoms with Gasteiger partial charge < -0.3 is 5.32 Å². The van der Waals surface area contributed by atoms with Crippen LogP contribution in [0.5, 0.6) is 0 Å². The summed E-state index contributed by atoms with van der Waals surface area (Å²) >= 11 is 0. The topological polar surface area (TPSA) is 12.0 Å². The van der Waals surface area contributed by atoms with Crippen molar-refractivity contribution in [1.29, 1.82) is 0 Å². The normalized spacial score (nSPS) is 12.7. The van der Waals surface area contributed by atoms with Gasteiger partial charge in [0.25, 0.3) is 0 Å². The second-order valence-electron chi connectivity index (χ2n) is 5.64. The largest absolute Gasteiger partial charge is 0.309 e. The lowest BCUT2D eigenvalue weighted by atomic mass is 9.94. The molecule has 0 aromatic heterocycles. The molecule has 0 fully saturated rings. The SMILES string of the molecule is CNC(c1ccc(C(C)C)cc1)c1ccc(C)c(F)c1F. The molecule has 112 valence electrons. The third kappa shape index (κ3) is 3.13. The Labute approximate surface area is 125 Å². The molecule has 3 heteroatoms. The van der Waals surface area contributed by atoms with Gasteiger partial charge in [0.2, 0.25) is 0 Å².